The van der Waals surface area contributed by atoms with Crippen molar-refractivity contribution in [1.29, 1.82) is 0 Å². The quantitative estimate of drug-likeness (QED) is 0.447. The lowest BCUT2D eigenvalue weighted by molar-refractivity contribution is -0.135. The van der Waals surface area contributed by atoms with Crippen LogP contribution in [0.5, 0.6) is 5.75 Å². The average molecular weight is 449 g/mol. The molecule has 0 saturated heterocycles. The van der Waals surface area contributed by atoms with E-state index < -0.39 is 22.0 Å². The van der Waals surface area contributed by atoms with Gasteiger partial charge in [0.25, 0.3) is 10.0 Å². The molecule has 4 rings (SSSR count). The summed E-state index contributed by atoms with van der Waals surface area (Å²) in [6.07, 6.45) is 1.52. The lowest BCUT2D eigenvalue weighted by atomic mass is 10.2. The predicted molar refractivity (Wildman–Crippen MR) is 119 cm³/mol. The van der Waals surface area contributed by atoms with E-state index in [1.807, 2.05) is 18.2 Å². The minimum absolute atomic E-state index is 0.0786. The van der Waals surface area contributed by atoms with Crippen molar-refractivity contribution in [2.45, 2.75) is 10.9 Å². The first-order chi connectivity index (χ1) is 15.4. The molecule has 3 aromatic carbocycles. The van der Waals surface area contributed by atoms with Crippen molar-refractivity contribution < 1.29 is 23.1 Å². The molecule has 1 aliphatic heterocycles. The molecular weight excluding hydrogens is 430 g/mol. The maximum absolute atomic E-state index is 13.0. The van der Waals surface area contributed by atoms with Crippen LogP contribution in [-0.4, -0.2) is 32.6 Å². The Hall–Kier alpha value is -3.98. The normalized spacial score (nSPS) is 16.1. The lowest BCUT2D eigenvalue weighted by Gasteiger charge is -2.19. The number of benzene rings is 3. The molecule has 0 aliphatic carbocycles. The fraction of sp³-hybridized carbons (Fsp3) is 0.0870. The molecule has 8 nitrogen and oxygen atoms in total. The molecule has 1 N–H and O–H groups in total. The Morgan fingerprint density at radius 1 is 0.969 bits per heavy atom. The van der Waals surface area contributed by atoms with Gasteiger partial charge in [-0.3, -0.25) is 4.31 Å². The number of cyclic esters (lactones) is 1. The van der Waals surface area contributed by atoms with Gasteiger partial charge in [0.05, 0.1) is 10.6 Å². The van der Waals surface area contributed by atoms with Crippen LogP contribution >= 0.6 is 0 Å². The van der Waals surface area contributed by atoms with E-state index in [-0.39, 0.29) is 16.3 Å². The highest BCUT2D eigenvalue weighted by Gasteiger charge is 2.28. The second-order valence-corrected chi connectivity index (χ2v) is 8.91. The third kappa shape index (κ3) is 4.23. The zero-order chi connectivity index (χ0) is 22.7. The van der Waals surface area contributed by atoms with Crippen LogP contribution in [0, 0.1) is 0 Å². The Balaban J connectivity index is 1.60. The maximum atomic E-state index is 13.0. The van der Waals surface area contributed by atoms with Crippen molar-refractivity contribution in [2.24, 2.45) is 10.2 Å². The fourth-order valence-electron chi connectivity index (χ4n) is 3.06. The molecule has 3 aromatic rings. The first kappa shape index (κ1) is 21.3. The topological polar surface area (TPSA) is 109 Å². The summed E-state index contributed by atoms with van der Waals surface area (Å²) in [4.78, 5) is 12.1. The number of hydrogen-bond donors (Lipinski definition) is 1. The smallest absolute Gasteiger partial charge is 0.342 e. The largest absolute Gasteiger partial charge is 0.506 e. The van der Waals surface area contributed by atoms with Crippen LogP contribution in [0.3, 0.4) is 0 Å². The Morgan fingerprint density at radius 3 is 2.31 bits per heavy atom. The molecule has 0 aromatic heterocycles. The number of hydrogen-bond acceptors (Lipinski definition) is 7. The van der Waals surface area contributed by atoms with Crippen LogP contribution in [0.1, 0.15) is 5.56 Å². The Kier molecular flexibility index (Phi) is 5.74. The summed E-state index contributed by atoms with van der Waals surface area (Å²) in [7, 11) is -2.47. The molecule has 1 atom stereocenters. The minimum Gasteiger partial charge on any atom is -0.506 e. The van der Waals surface area contributed by atoms with E-state index >= 15 is 0 Å². The number of esters is 1. The number of phenolic OH excluding ortho intramolecular Hbond substituents is 1. The molecule has 0 fully saturated rings. The van der Waals surface area contributed by atoms with Crippen molar-refractivity contribution in [3.63, 3.8) is 0 Å². The first-order valence-electron chi connectivity index (χ1n) is 9.63. The summed E-state index contributed by atoms with van der Waals surface area (Å²) in [5.41, 5.74) is 1.12. The molecule has 1 heterocycles. The van der Waals surface area contributed by atoms with Crippen LogP contribution < -0.4 is 4.31 Å². The SMILES string of the molecule is CN(c1ccccc1)S(=O)(=O)c1ccc(O)c(N=NC2C=C(c3ccccc3)OC2=O)c1. The molecule has 0 saturated carbocycles. The van der Waals surface area contributed by atoms with E-state index in [1.165, 1.54) is 31.3 Å². The van der Waals surface area contributed by atoms with Gasteiger partial charge in [-0.1, -0.05) is 48.5 Å². The van der Waals surface area contributed by atoms with Crippen molar-refractivity contribution in [3.8, 4) is 5.75 Å². The number of carbonyl (C=O) groups is 1. The van der Waals surface area contributed by atoms with E-state index in [9.17, 15) is 18.3 Å². The van der Waals surface area contributed by atoms with E-state index in [0.29, 0.717) is 11.4 Å². The summed E-state index contributed by atoms with van der Waals surface area (Å²) < 4.78 is 32.4. The molecule has 0 spiro atoms. The van der Waals surface area contributed by atoms with Crippen LogP contribution in [0.25, 0.3) is 5.76 Å². The Bertz CT molecular complexity index is 1310. The number of sulfonamides is 1. The molecular formula is C23H19N3O5S. The van der Waals surface area contributed by atoms with Crippen LogP contribution in [0.4, 0.5) is 11.4 Å². The average Bonchev–Trinajstić information content (AvgIpc) is 3.19. The van der Waals surface area contributed by atoms with E-state index in [0.717, 1.165) is 9.87 Å². The third-order valence-electron chi connectivity index (χ3n) is 4.83. The molecule has 0 radical (unpaired) electrons. The van der Waals surface area contributed by atoms with Gasteiger partial charge in [0.15, 0.2) is 6.04 Å². The van der Waals surface area contributed by atoms with Gasteiger partial charge in [-0.2, -0.15) is 10.2 Å². The molecule has 0 amide bonds. The summed E-state index contributed by atoms with van der Waals surface area (Å²) in [6.45, 7) is 0. The number of carbonyl (C=O) groups excluding carboxylic acids is 1. The standard InChI is InChI=1S/C23H19N3O5S/c1-26(17-10-6-3-7-11-17)32(29,30)18-12-13-21(27)19(14-18)24-25-20-15-22(31-23(20)28)16-8-4-2-5-9-16/h2-15,20,27H,1H3. The number of rotatable bonds is 6. The monoisotopic (exact) mass is 449 g/mol. The van der Waals surface area contributed by atoms with Gasteiger partial charge in [-0.15, -0.1) is 0 Å². The zero-order valence-electron chi connectivity index (χ0n) is 17.0. The minimum atomic E-state index is -3.91. The highest BCUT2D eigenvalue weighted by molar-refractivity contribution is 7.92. The fourth-order valence-corrected chi connectivity index (χ4v) is 4.27. The molecule has 162 valence electrons. The van der Waals surface area contributed by atoms with E-state index in [4.69, 9.17) is 4.74 Å². The number of aromatic hydroxyl groups is 1. The maximum Gasteiger partial charge on any atom is 0.342 e. The molecule has 1 aliphatic rings. The van der Waals surface area contributed by atoms with Gasteiger partial charge >= 0.3 is 5.97 Å². The van der Waals surface area contributed by atoms with Gasteiger partial charge in [-0.25, -0.2) is 13.2 Å². The second kappa shape index (κ2) is 8.64. The molecule has 0 bridgehead atoms. The van der Waals surface area contributed by atoms with Gasteiger partial charge < -0.3 is 9.84 Å². The zero-order valence-corrected chi connectivity index (χ0v) is 17.8. The van der Waals surface area contributed by atoms with Crippen molar-refractivity contribution in [3.05, 3.63) is 90.5 Å². The van der Waals surface area contributed by atoms with Crippen molar-refractivity contribution >= 4 is 33.1 Å². The number of para-hydroxylation sites is 1. The van der Waals surface area contributed by atoms with Crippen molar-refractivity contribution in [1.82, 2.24) is 0 Å². The number of nitrogens with zero attached hydrogens (tertiary/aromatic N) is 3. The Morgan fingerprint density at radius 2 is 1.62 bits per heavy atom. The summed E-state index contributed by atoms with van der Waals surface area (Å²) in [5.74, 6) is -0.516. The summed E-state index contributed by atoms with van der Waals surface area (Å²) in [5, 5.41) is 18.0. The van der Waals surface area contributed by atoms with Crippen LogP contribution in [0.15, 0.2) is 100 Å². The number of phenols is 1. The van der Waals surface area contributed by atoms with Gasteiger partial charge in [0.2, 0.25) is 0 Å². The van der Waals surface area contributed by atoms with Gasteiger partial charge in [0, 0.05) is 12.6 Å². The Labute approximate surface area is 185 Å². The third-order valence-corrected chi connectivity index (χ3v) is 6.62. The molecule has 1 unspecified atom stereocenters. The number of azo groups is 1. The van der Waals surface area contributed by atoms with Crippen molar-refractivity contribution in [2.75, 3.05) is 11.4 Å². The predicted octanol–water partition coefficient (Wildman–Crippen LogP) is 4.27. The van der Waals surface area contributed by atoms with Crippen LogP contribution in [-0.2, 0) is 19.6 Å². The number of ether oxygens (including phenoxy) is 1. The molecule has 9 heteroatoms. The second-order valence-electron chi connectivity index (χ2n) is 6.94. The lowest BCUT2D eigenvalue weighted by Crippen LogP contribution is -2.26. The summed E-state index contributed by atoms with van der Waals surface area (Å²) in [6, 6.07) is 20.3. The van der Waals surface area contributed by atoms with Gasteiger partial charge in [0.1, 0.15) is 17.2 Å². The highest BCUT2D eigenvalue weighted by atomic mass is 32.2. The van der Waals surface area contributed by atoms with Gasteiger partial charge in [-0.05, 0) is 36.4 Å². The highest BCUT2D eigenvalue weighted by Crippen LogP contribution is 2.33. The molecule has 32 heavy (non-hydrogen) atoms. The van der Waals surface area contributed by atoms with Crippen LogP contribution in [0.2, 0.25) is 0 Å². The van der Waals surface area contributed by atoms with E-state index in [2.05, 4.69) is 10.2 Å². The number of anilines is 1. The van der Waals surface area contributed by atoms with E-state index in [1.54, 1.807) is 42.5 Å². The first-order valence-corrected chi connectivity index (χ1v) is 11.1. The summed E-state index contributed by atoms with van der Waals surface area (Å²) >= 11 is 0.